The molecule has 2 aromatic carbocycles. The minimum absolute atomic E-state index is 0.0442. The molecule has 0 amide bonds. The summed E-state index contributed by atoms with van der Waals surface area (Å²) in [6, 6.07) is 15.2. The number of aromatic nitrogens is 1. The van der Waals surface area contributed by atoms with Gasteiger partial charge in [0.05, 0.1) is 0 Å². The second-order valence-corrected chi connectivity index (χ2v) is 9.60. The lowest BCUT2D eigenvalue weighted by Crippen LogP contribution is -2.32. The Balaban J connectivity index is 1.50. The van der Waals surface area contributed by atoms with Crippen molar-refractivity contribution >= 4 is 34.6 Å². The van der Waals surface area contributed by atoms with Gasteiger partial charge >= 0.3 is 0 Å². The van der Waals surface area contributed by atoms with Crippen LogP contribution in [-0.2, 0) is 6.54 Å². The monoisotopic (exact) mass is 422 g/mol. The zero-order chi connectivity index (χ0) is 21.3. The fourth-order valence-electron chi connectivity index (χ4n) is 4.33. The minimum atomic E-state index is -0.192. The van der Waals surface area contributed by atoms with E-state index in [1.165, 1.54) is 24.0 Å². The lowest BCUT2D eigenvalue weighted by atomic mass is 9.97. The number of hydrogen-bond acceptors (Lipinski definition) is 4. The molecular weight excluding hydrogens is 395 g/mol. The van der Waals surface area contributed by atoms with Crippen molar-refractivity contribution in [3.05, 3.63) is 72.3 Å². The normalized spacial score (nSPS) is 19.4. The molecule has 3 aromatic rings. The molecule has 1 unspecified atom stereocenters. The van der Waals surface area contributed by atoms with E-state index in [2.05, 4.69) is 47.1 Å². The van der Waals surface area contributed by atoms with Crippen molar-refractivity contribution < 1.29 is 4.39 Å². The molecule has 1 fully saturated rings. The van der Waals surface area contributed by atoms with Crippen molar-refractivity contribution in [1.82, 2.24) is 8.87 Å². The fraction of sp³-hybridized carbons (Fsp3) is 0.292. The van der Waals surface area contributed by atoms with Crippen LogP contribution < -0.4 is 5.73 Å². The van der Waals surface area contributed by atoms with Crippen LogP contribution in [0.25, 0.3) is 16.5 Å². The summed E-state index contributed by atoms with van der Waals surface area (Å²) in [5, 5.41) is 8.65. The fourth-order valence-corrected chi connectivity index (χ4v) is 5.50. The maximum Gasteiger partial charge on any atom is 0.124 e. The summed E-state index contributed by atoms with van der Waals surface area (Å²) in [7, 11) is 0. The highest BCUT2D eigenvalue weighted by Crippen LogP contribution is 2.41. The van der Waals surface area contributed by atoms with Crippen LogP contribution in [0.2, 0.25) is 0 Å². The number of fused-ring (bicyclic) bond motifs is 1. The molecule has 1 aliphatic rings. The molecule has 0 radical (unpaired) electrons. The van der Waals surface area contributed by atoms with Gasteiger partial charge in [-0.3, -0.25) is 0 Å². The molecule has 3 N–H and O–H groups in total. The number of rotatable bonds is 6. The Labute approximate surface area is 181 Å². The average Bonchev–Trinajstić information content (AvgIpc) is 3.23. The van der Waals surface area contributed by atoms with Crippen LogP contribution in [-0.4, -0.2) is 27.2 Å². The third-order valence-corrected chi connectivity index (χ3v) is 7.12. The van der Waals surface area contributed by atoms with Gasteiger partial charge in [0, 0.05) is 58.6 Å². The van der Waals surface area contributed by atoms with Gasteiger partial charge in [0.2, 0.25) is 0 Å². The third-order valence-electron chi connectivity index (χ3n) is 5.79. The SMILES string of the molecule is CC1(C)CC(Cn2ccc3cc(/C(C=N)=C/N)ccc32)CN1Sc1cccc(F)c1. The Hall–Kier alpha value is -2.57. The lowest BCUT2D eigenvalue weighted by Gasteiger charge is -2.29. The Morgan fingerprint density at radius 1 is 1.27 bits per heavy atom. The predicted molar refractivity (Wildman–Crippen MR) is 124 cm³/mol. The molecule has 0 spiro atoms. The summed E-state index contributed by atoms with van der Waals surface area (Å²) in [6.07, 6.45) is 5.97. The van der Waals surface area contributed by atoms with Crippen LogP contribution in [0.4, 0.5) is 4.39 Å². The Morgan fingerprint density at radius 2 is 2.10 bits per heavy atom. The molecule has 0 saturated carbocycles. The van der Waals surface area contributed by atoms with Crippen molar-refractivity contribution in [3.8, 4) is 0 Å². The van der Waals surface area contributed by atoms with Crippen LogP contribution in [0.5, 0.6) is 0 Å². The van der Waals surface area contributed by atoms with Crippen molar-refractivity contribution in [3.63, 3.8) is 0 Å². The van der Waals surface area contributed by atoms with Crippen LogP contribution in [0.1, 0.15) is 25.8 Å². The van der Waals surface area contributed by atoms with Crippen molar-refractivity contribution in [2.24, 2.45) is 11.7 Å². The number of nitrogens with zero attached hydrogens (tertiary/aromatic N) is 2. The van der Waals surface area contributed by atoms with Gasteiger partial charge in [0.1, 0.15) is 5.82 Å². The van der Waals surface area contributed by atoms with Gasteiger partial charge in [-0.05, 0) is 80.1 Å². The van der Waals surface area contributed by atoms with Gasteiger partial charge in [0.15, 0.2) is 0 Å². The number of allylic oxidation sites excluding steroid dienone is 1. The lowest BCUT2D eigenvalue weighted by molar-refractivity contribution is 0.319. The molecule has 156 valence electrons. The topological polar surface area (TPSA) is 58.0 Å². The molecule has 1 saturated heterocycles. The maximum atomic E-state index is 13.6. The molecule has 1 atom stereocenters. The number of nitrogens with two attached hydrogens (primary N) is 1. The van der Waals surface area contributed by atoms with Crippen LogP contribution in [0.3, 0.4) is 0 Å². The zero-order valence-corrected chi connectivity index (χ0v) is 18.1. The highest BCUT2D eigenvalue weighted by Gasteiger charge is 2.39. The van der Waals surface area contributed by atoms with E-state index in [0.717, 1.165) is 35.4 Å². The summed E-state index contributed by atoms with van der Waals surface area (Å²) < 4.78 is 18.3. The molecule has 6 heteroatoms. The van der Waals surface area contributed by atoms with Crippen LogP contribution in [0, 0.1) is 17.1 Å². The van der Waals surface area contributed by atoms with Crippen molar-refractivity contribution in [2.45, 2.75) is 37.2 Å². The number of hydrogen-bond donors (Lipinski definition) is 2. The first kappa shape index (κ1) is 20.7. The van der Waals surface area contributed by atoms with E-state index < -0.39 is 0 Å². The summed E-state index contributed by atoms with van der Waals surface area (Å²) in [4.78, 5) is 0.942. The molecule has 30 heavy (non-hydrogen) atoms. The zero-order valence-electron chi connectivity index (χ0n) is 17.3. The molecule has 0 bridgehead atoms. The largest absolute Gasteiger partial charge is 0.404 e. The maximum absolute atomic E-state index is 13.6. The van der Waals surface area contributed by atoms with Gasteiger partial charge in [-0.1, -0.05) is 12.1 Å². The molecular formula is C24H27FN4S. The van der Waals surface area contributed by atoms with E-state index in [0.29, 0.717) is 11.5 Å². The molecule has 1 aliphatic heterocycles. The summed E-state index contributed by atoms with van der Waals surface area (Å²) in [5.74, 6) is 0.319. The van der Waals surface area contributed by atoms with E-state index in [1.54, 1.807) is 24.1 Å². The van der Waals surface area contributed by atoms with Gasteiger partial charge in [-0.25, -0.2) is 8.70 Å². The quantitative estimate of drug-likeness (QED) is 0.405. The second-order valence-electron chi connectivity index (χ2n) is 8.50. The van der Waals surface area contributed by atoms with Gasteiger partial charge < -0.3 is 15.7 Å². The Bertz CT molecular complexity index is 1100. The van der Waals surface area contributed by atoms with Gasteiger partial charge in [-0.2, -0.15) is 0 Å². The number of halogens is 1. The third kappa shape index (κ3) is 4.16. The number of benzene rings is 2. The first-order chi connectivity index (χ1) is 14.4. The van der Waals surface area contributed by atoms with E-state index in [9.17, 15) is 4.39 Å². The summed E-state index contributed by atoms with van der Waals surface area (Å²) >= 11 is 1.65. The van der Waals surface area contributed by atoms with Crippen molar-refractivity contribution in [1.29, 1.82) is 5.41 Å². The smallest absolute Gasteiger partial charge is 0.124 e. The van der Waals surface area contributed by atoms with Crippen molar-refractivity contribution in [2.75, 3.05) is 6.54 Å². The van der Waals surface area contributed by atoms with E-state index in [-0.39, 0.29) is 11.4 Å². The minimum Gasteiger partial charge on any atom is -0.404 e. The first-order valence-corrected chi connectivity index (χ1v) is 10.9. The van der Waals surface area contributed by atoms with Crippen LogP contribution in [0.15, 0.2) is 65.8 Å². The summed E-state index contributed by atoms with van der Waals surface area (Å²) in [6.45, 7) is 6.42. The average molecular weight is 423 g/mol. The van der Waals surface area contributed by atoms with E-state index in [1.807, 2.05) is 12.1 Å². The Morgan fingerprint density at radius 3 is 2.83 bits per heavy atom. The van der Waals surface area contributed by atoms with Crippen LogP contribution >= 0.6 is 11.9 Å². The predicted octanol–water partition coefficient (Wildman–Crippen LogP) is 5.54. The highest BCUT2D eigenvalue weighted by molar-refractivity contribution is 7.97. The standard InChI is InChI=1S/C24H27FN4S/c1-24(2)12-17(16-29(24)30-22-5-3-4-21(25)11-22)15-28-9-8-19-10-18(6-7-23(19)28)20(13-26)14-27/h3-11,13-14,17,26H,12,15-16,27H2,1-2H3/b20-14+,26-13?. The Kier molecular flexibility index (Phi) is 5.71. The molecule has 0 aliphatic carbocycles. The van der Waals surface area contributed by atoms with Gasteiger partial charge in [0.25, 0.3) is 0 Å². The number of nitrogens with one attached hydrogen (secondary N) is 1. The molecule has 2 heterocycles. The van der Waals surface area contributed by atoms with Gasteiger partial charge in [-0.15, -0.1) is 0 Å². The van der Waals surface area contributed by atoms with E-state index >= 15 is 0 Å². The van der Waals surface area contributed by atoms with E-state index in [4.69, 9.17) is 11.1 Å². The molecule has 1 aromatic heterocycles. The first-order valence-electron chi connectivity index (χ1n) is 10.1. The molecule has 4 rings (SSSR count). The highest BCUT2D eigenvalue weighted by atomic mass is 32.2. The molecule has 4 nitrogen and oxygen atoms in total. The second kappa shape index (κ2) is 8.28. The summed E-state index contributed by atoms with van der Waals surface area (Å²) in [5.41, 5.74) is 8.53.